The molecule has 0 aliphatic heterocycles. The van der Waals surface area contributed by atoms with Crippen molar-refractivity contribution in [2.45, 2.75) is 6.18 Å². The van der Waals surface area contributed by atoms with Crippen LogP contribution in [0.3, 0.4) is 0 Å². The van der Waals surface area contributed by atoms with Gasteiger partial charge in [-0.15, -0.1) is 0 Å². The summed E-state index contributed by atoms with van der Waals surface area (Å²) >= 11 is 7.12. The van der Waals surface area contributed by atoms with E-state index in [1.54, 1.807) is 11.8 Å². The second-order valence-corrected chi connectivity index (χ2v) is 4.37. The molecule has 0 unspecified atom stereocenters. The van der Waals surface area contributed by atoms with E-state index in [1.165, 1.54) is 12.1 Å². The van der Waals surface area contributed by atoms with Crippen molar-refractivity contribution in [2.75, 3.05) is 18.6 Å². The molecule has 0 N–H and O–H groups in total. The Morgan fingerprint density at radius 3 is 2.56 bits per heavy atom. The second-order valence-electron chi connectivity index (χ2n) is 2.98. The molecule has 90 valence electrons. The van der Waals surface area contributed by atoms with Crippen LogP contribution in [0.15, 0.2) is 18.2 Å². The molecule has 0 saturated carbocycles. The average Bonchev–Trinajstić information content (AvgIpc) is 2.16. The van der Waals surface area contributed by atoms with Gasteiger partial charge in [0.05, 0.1) is 17.2 Å². The Morgan fingerprint density at radius 2 is 2.06 bits per heavy atom. The number of alkyl halides is 3. The van der Waals surface area contributed by atoms with Crippen LogP contribution in [0.5, 0.6) is 5.75 Å². The van der Waals surface area contributed by atoms with Gasteiger partial charge in [0.1, 0.15) is 5.75 Å². The second kappa shape index (κ2) is 5.68. The summed E-state index contributed by atoms with van der Waals surface area (Å²) < 4.78 is 42.3. The Labute approximate surface area is 101 Å². The summed E-state index contributed by atoms with van der Waals surface area (Å²) in [7, 11) is 0. The van der Waals surface area contributed by atoms with Crippen molar-refractivity contribution in [1.82, 2.24) is 0 Å². The summed E-state index contributed by atoms with van der Waals surface area (Å²) in [4.78, 5) is 0. The zero-order valence-electron chi connectivity index (χ0n) is 8.47. The minimum Gasteiger partial charge on any atom is -0.493 e. The molecule has 1 rings (SSSR count). The van der Waals surface area contributed by atoms with Crippen LogP contribution < -0.4 is 4.74 Å². The third-order valence-corrected chi connectivity index (χ3v) is 2.69. The standard InChI is InChI=1S/C10H10ClF3OS/c1-16-5-4-15-7-2-3-8(9(11)6-7)10(12,13)14/h2-3,6H,4-5H2,1H3. The van der Waals surface area contributed by atoms with E-state index >= 15 is 0 Å². The first-order valence-corrected chi connectivity index (χ1v) is 6.21. The monoisotopic (exact) mass is 270 g/mol. The molecule has 0 amide bonds. The molecule has 0 atom stereocenters. The fourth-order valence-electron chi connectivity index (χ4n) is 1.06. The van der Waals surface area contributed by atoms with Gasteiger partial charge in [-0.25, -0.2) is 0 Å². The van der Waals surface area contributed by atoms with Gasteiger partial charge in [-0.3, -0.25) is 0 Å². The molecular weight excluding hydrogens is 261 g/mol. The molecule has 0 aromatic heterocycles. The predicted molar refractivity (Wildman–Crippen MR) is 60.3 cm³/mol. The average molecular weight is 271 g/mol. The Bertz CT molecular complexity index is 354. The topological polar surface area (TPSA) is 9.23 Å². The molecule has 6 heteroatoms. The van der Waals surface area contributed by atoms with Gasteiger partial charge in [-0.05, 0) is 24.5 Å². The number of hydrogen-bond acceptors (Lipinski definition) is 2. The fraction of sp³-hybridized carbons (Fsp3) is 0.400. The highest BCUT2D eigenvalue weighted by Crippen LogP contribution is 2.36. The number of hydrogen-bond donors (Lipinski definition) is 0. The summed E-state index contributed by atoms with van der Waals surface area (Å²) in [6.07, 6.45) is -2.50. The van der Waals surface area contributed by atoms with Crippen LogP contribution in [-0.4, -0.2) is 18.6 Å². The van der Waals surface area contributed by atoms with E-state index in [4.69, 9.17) is 16.3 Å². The minimum absolute atomic E-state index is 0.339. The highest BCUT2D eigenvalue weighted by atomic mass is 35.5. The molecule has 0 aliphatic carbocycles. The molecule has 1 nitrogen and oxygen atoms in total. The molecule has 16 heavy (non-hydrogen) atoms. The summed E-state index contributed by atoms with van der Waals surface area (Å²) in [5.74, 6) is 1.13. The lowest BCUT2D eigenvalue weighted by atomic mass is 10.2. The van der Waals surface area contributed by atoms with Crippen LogP contribution in [0.1, 0.15) is 5.56 Å². The van der Waals surface area contributed by atoms with Crippen LogP contribution in [-0.2, 0) is 6.18 Å². The Morgan fingerprint density at radius 1 is 1.38 bits per heavy atom. The van der Waals surface area contributed by atoms with E-state index in [0.717, 1.165) is 11.8 Å². The number of benzene rings is 1. The van der Waals surface area contributed by atoms with Gasteiger partial charge >= 0.3 is 6.18 Å². The zero-order valence-corrected chi connectivity index (χ0v) is 10.0. The van der Waals surface area contributed by atoms with E-state index in [2.05, 4.69) is 0 Å². The third-order valence-electron chi connectivity index (χ3n) is 1.80. The molecule has 0 saturated heterocycles. The van der Waals surface area contributed by atoms with Crippen LogP contribution in [0.4, 0.5) is 13.2 Å². The SMILES string of the molecule is CSCCOc1ccc(C(F)(F)F)c(Cl)c1. The molecule has 0 heterocycles. The van der Waals surface area contributed by atoms with E-state index in [-0.39, 0.29) is 5.02 Å². The summed E-state index contributed by atoms with van der Waals surface area (Å²) in [5, 5.41) is -0.339. The maximum absolute atomic E-state index is 12.4. The van der Waals surface area contributed by atoms with Gasteiger partial charge in [-0.1, -0.05) is 11.6 Å². The van der Waals surface area contributed by atoms with Crippen molar-refractivity contribution in [1.29, 1.82) is 0 Å². The van der Waals surface area contributed by atoms with Gasteiger partial charge in [0.25, 0.3) is 0 Å². The number of rotatable bonds is 4. The molecule has 1 aromatic rings. The number of ether oxygens (including phenoxy) is 1. The maximum atomic E-state index is 12.4. The number of thioether (sulfide) groups is 1. The number of halogens is 4. The van der Waals surface area contributed by atoms with E-state index < -0.39 is 11.7 Å². The summed E-state index contributed by atoms with van der Waals surface area (Å²) in [5.41, 5.74) is -0.841. The van der Waals surface area contributed by atoms with Crippen molar-refractivity contribution in [3.63, 3.8) is 0 Å². The lowest BCUT2D eigenvalue weighted by Gasteiger charge is -2.11. The van der Waals surface area contributed by atoms with Gasteiger partial charge in [0.15, 0.2) is 0 Å². The molecule has 0 bridgehead atoms. The first kappa shape index (κ1) is 13.5. The Balaban J connectivity index is 2.75. The molecule has 0 fully saturated rings. The van der Waals surface area contributed by atoms with Crippen LogP contribution in [0, 0.1) is 0 Å². The largest absolute Gasteiger partial charge is 0.493 e. The van der Waals surface area contributed by atoms with Crippen LogP contribution in [0.2, 0.25) is 5.02 Å². The zero-order chi connectivity index (χ0) is 12.2. The van der Waals surface area contributed by atoms with E-state index in [0.29, 0.717) is 12.4 Å². The highest BCUT2D eigenvalue weighted by molar-refractivity contribution is 7.98. The molecule has 0 radical (unpaired) electrons. The highest BCUT2D eigenvalue weighted by Gasteiger charge is 2.33. The fourth-order valence-corrected chi connectivity index (χ4v) is 1.59. The Kier molecular flexibility index (Phi) is 4.80. The third kappa shape index (κ3) is 3.79. The lowest BCUT2D eigenvalue weighted by Crippen LogP contribution is -2.06. The van der Waals surface area contributed by atoms with Crippen LogP contribution in [0.25, 0.3) is 0 Å². The van der Waals surface area contributed by atoms with Gasteiger partial charge < -0.3 is 4.74 Å². The van der Waals surface area contributed by atoms with E-state index in [9.17, 15) is 13.2 Å². The first-order chi connectivity index (χ1) is 7.45. The first-order valence-electron chi connectivity index (χ1n) is 4.43. The van der Waals surface area contributed by atoms with Gasteiger partial charge in [0, 0.05) is 5.75 Å². The van der Waals surface area contributed by atoms with Crippen molar-refractivity contribution in [3.8, 4) is 5.75 Å². The summed E-state index contributed by atoms with van der Waals surface area (Å²) in [6, 6.07) is 3.39. The maximum Gasteiger partial charge on any atom is 0.417 e. The van der Waals surface area contributed by atoms with Crippen LogP contribution >= 0.6 is 23.4 Å². The van der Waals surface area contributed by atoms with E-state index in [1.807, 2.05) is 6.26 Å². The smallest absolute Gasteiger partial charge is 0.417 e. The van der Waals surface area contributed by atoms with Crippen molar-refractivity contribution >= 4 is 23.4 Å². The van der Waals surface area contributed by atoms with Gasteiger partial charge in [0.2, 0.25) is 0 Å². The normalized spacial score (nSPS) is 11.6. The predicted octanol–water partition coefficient (Wildman–Crippen LogP) is 4.10. The van der Waals surface area contributed by atoms with Crippen molar-refractivity contribution in [2.24, 2.45) is 0 Å². The Hall–Kier alpha value is -0.550. The van der Waals surface area contributed by atoms with Crippen molar-refractivity contribution in [3.05, 3.63) is 28.8 Å². The lowest BCUT2D eigenvalue weighted by molar-refractivity contribution is -0.137. The molecular formula is C10H10ClF3OS. The van der Waals surface area contributed by atoms with Gasteiger partial charge in [-0.2, -0.15) is 24.9 Å². The quantitative estimate of drug-likeness (QED) is 0.762. The molecule has 0 aliphatic rings. The summed E-state index contributed by atoms with van der Waals surface area (Å²) in [6.45, 7) is 0.447. The minimum atomic E-state index is -4.42. The van der Waals surface area contributed by atoms with Crippen molar-refractivity contribution < 1.29 is 17.9 Å². The molecule has 0 spiro atoms. The molecule has 1 aromatic carbocycles.